The summed E-state index contributed by atoms with van der Waals surface area (Å²) in [7, 11) is 0. The topological polar surface area (TPSA) is 64.6 Å². The van der Waals surface area contributed by atoms with Crippen LogP contribution in [0.5, 0.6) is 11.5 Å². The molecule has 1 amide bonds. The van der Waals surface area contributed by atoms with Gasteiger partial charge >= 0.3 is 0 Å². The number of carbonyl (C=O) groups excluding carboxylic acids is 2. The highest BCUT2D eigenvalue weighted by atomic mass is 16.5. The molecule has 0 aliphatic carbocycles. The monoisotopic (exact) mass is 339 g/mol. The molecule has 0 saturated carbocycles. The fourth-order valence-corrected chi connectivity index (χ4v) is 2.61. The van der Waals surface area contributed by atoms with Crippen LogP contribution in [0.4, 0.5) is 0 Å². The second kappa shape index (κ2) is 6.59. The lowest BCUT2D eigenvalue weighted by Gasteiger charge is -2.25. The number of ether oxygens (including phenoxy) is 2. The molecule has 25 heavy (non-hydrogen) atoms. The Morgan fingerprint density at radius 2 is 1.80 bits per heavy atom. The molecule has 0 aromatic heterocycles. The number of para-hydroxylation sites is 1. The third kappa shape index (κ3) is 3.99. The summed E-state index contributed by atoms with van der Waals surface area (Å²) in [6.45, 7) is 6.01. The van der Waals surface area contributed by atoms with Gasteiger partial charge in [0.2, 0.25) is 0 Å². The van der Waals surface area contributed by atoms with Crippen molar-refractivity contribution in [2.45, 2.75) is 32.4 Å². The Kier molecular flexibility index (Phi) is 4.49. The summed E-state index contributed by atoms with van der Waals surface area (Å²) in [6, 6.07) is 13.2. The third-order valence-electron chi connectivity index (χ3n) is 3.72. The normalized spacial score (nSPS) is 16.6. The van der Waals surface area contributed by atoms with E-state index >= 15 is 0 Å². The zero-order valence-electron chi connectivity index (χ0n) is 14.5. The van der Waals surface area contributed by atoms with E-state index in [2.05, 4.69) is 5.32 Å². The molecule has 0 spiro atoms. The standard InChI is InChI=1S/C20H21NO4/c1-20(2,3)25-14-10-8-13(9-11-14)19(23)21-16-12-24-17-7-5-4-6-15(17)18(16)22/h4-11,16H,12H2,1-3H3,(H,21,23). The summed E-state index contributed by atoms with van der Waals surface area (Å²) in [6.07, 6.45) is 0. The van der Waals surface area contributed by atoms with Crippen LogP contribution >= 0.6 is 0 Å². The van der Waals surface area contributed by atoms with Crippen molar-refractivity contribution in [3.05, 3.63) is 59.7 Å². The van der Waals surface area contributed by atoms with Crippen molar-refractivity contribution in [1.82, 2.24) is 5.32 Å². The number of nitrogens with one attached hydrogen (secondary N) is 1. The molecule has 5 heteroatoms. The van der Waals surface area contributed by atoms with Crippen molar-refractivity contribution < 1.29 is 19.1 Å². The predicted octanol–water partition coefficient (Wildman–Crippen LogP) is 3.24. The lowest BCUT2D eigenvalue weighted by Crippen LogP contribution is -2.47. The number of carbonyl (C=O) groups is 2. The summed E-state index contributed by atoms with van der Waals surface area (Å²) < 4.78 is 11.3. The zero-order valence-corrected chi connectivity index (χ0v) is 14.5. The van der Waals surface area contributed by atoms with E-state index in [-0.39, 0.29) is 23.9 Å². The summed E-state index contributed by atoms with van der Waals surface area (Å²) >= 11 is 0. The third-order valence-corrected chi connectivity index (χ3v) is 3.72. The van der Waals surface area contributed by atoms with Gasteiger partial charge in [-0.2, -0.15) is 0 Å². The van der Waals surface area contributed by atoms with Crippen LogP contribution in [0.2, 0.25) is 0 Å². The minimum atomic E-state index is -0.687. The lowest BCUT2D eigenvalue weighted by molar-refractivity contribution is 0.0795. The molecule has 0 fully saturated rings. The molecule has 130 valence electrons. The molecule has 0 bridgehead atoms. The highest BCUT2D eigenvalue weighted by Crippen LogP contribution is 2.24. The van der Waals surface area contributed by atoms with Crippen LogP contribution in [0.25, 0.3) is 0 Å². The quantitative estimate of drug-likeness (QED) is 0.932. The van der Waals surface area contributed by atoms with Crippen LogP contribution in [0.15, 0.2) is 48.5 Å². The maximum Gasteiger partial charge on any atom is 0.251 e. The van der Waals surface area contributed by atoms with E-state index in [4.69, 9.17) is 9.47 Å². The van der Waals surface area contributed by atoms with Crippen LogP contribution in [0, 0.1) is 0 Å². The number of Topliss-reactive ketones (excluding diaryl/α,β-unsaturated/α-hetero) is 1. The minimum absolute atomic E-state index is 0.132. The second-order valence-corrected chi connectivity index (χ2v) is 6.94. The average molecular weight is 339 g/mol. The molecule has 0 saturated heterocycles. The first kappa shape index (κ1) is 17.0. The van der Waals surface area contributed by atoms with Gasteiger partial charge in [-0.3, -0.25) is 9.59 Å². The van der Waals surface area contributed by atoms with Gasteiger partial charge in [0.1, 0.15) is 29.7 Å². The molecule has 2 aromatic carbocycles. The van der Waals surface area contributed by atoms with Crippen molar-refractivity contribution in [3.8, 4) is 11.5 Å². The smallest absolute Gasteiger partial charge is 0.251 e. The number of fused-ring (bicyclic) bond motifs is 1. The Hall–Kier alpha value is -2.82. The first-order valence-corrected chi connectivity index (χ1v) is 8.19. The SMILES string of the molecule is CC(C)(C)Oc1ccc(C(=O)NC2COc3ccccc3C2=O)cc1. The molecule has 3 rings (SSSR count). The summed E-state index contributed by atoms with van der Waals surface area (Å²) in [5.41, 5.74) is 0.657. The van der Waals surface area contributed by atoms with Crippen LogP contribution in [0.1, 0.15) is 41.5 Å². The minimum Gasteiger partial charge on any atom is -0.490 e. The Morgan fingerprint density at radius 1 is 1.12 bits per heavy atom. The van der Waals surface area contributed by atoms with Crippen molar-refractivity contribution in [1.29, 1.82) is 0 Å². The fourth-order valence-electron chi connectivity index (χ4n) is 2.61. The average Bonchev–Trinajstić information content (AvgIpc) is 2.57. The van der Waals surface area contributed by atoms with Gasteiger partial charge in [0, 0.05) is 5.56 Å². The molecule has 1 aliphatic rings. The molecule has 1 unspecified atom stereocenters. The van der Waals surface area contributed by atoms with E-state index in [9.17, 15) is 9.59 Å². The predicted molar refractivity (Wildman–Crippen MR) is 94.3 cm³/mol. The van der Waals surface area contributed by atoms with Gasteiger partial charge < -0.3 is 14.8 Å². The Balaban J connectivity index is 1.68. The first-order chi connectivity index (χ1) is 11.8. The van der Waals surface area contributed by atoms with E-state index in [0.717, 1.165) is 0 Å². The van der Waals surface area contributed by atoms with Crippen LogP contribution < -0.4 is 14.8 Å². The first-order valence-electron chi connectivity index (χ1n) is 8.19. The molecule has 1 atom stereocenters. The van der Waals surface area contributed by atoms with E-state index in [1.807, 2.05) is 26.8 Å². The lowest BCUT2D eigenvalue weighted by atomic mass is 10.0. The van der Waals surface area contributed by atoms with E-state index in [1.54, 1.807) is 42.5 Å². The van der Waals surface area contributed by atoms with Crippen molar-refractivity contribution in [2.24, 2.45) is 0 Å². The highest BCUT2D eigenvalue weighted by molar-refractivity contribution is 6.06. The van der Waals surface area contributed by atoms with Gasteiger partial charge in [-0.25, -0.2) is 0 Å². The van der Waals surface area contributed by atoms with Crippen LogP contribution in [0.3, 0.4) is 0 Å². The van der Waals surface area contributed by atoms with Gasteiger partial charge in [0.15, 0.2) is 5.78 Å². The number of rotatable bonds is 3. The zero-order chi connectivity index (χ0) is 18.0. The molecule has 5 nitrogen and oxygen atoms in total. The molecule has 0 radical (unpaired) electrons. The number of hydrogen-bond donors (Lipinski definition) is 1. The van der Waals surface area contributed by atoms with E-state index in [0.29, 0.717) is 22.6 Å². The second-order valence-electron chi connectivity index (χ2n) is 6.94. The van der Waals surface area contributed by atoms with Gasteiger partial charge in [-0.05, 0) is 57.2 Å². The van der Waals surface area contributed by atoms with E-state index in [1.165, 1.54) is 0 Å². The molecule has 1 aliphatic heterocycles. The van der Waals surface area contributed by atoms with Gasteiger partial charge in [0.05, 0.1) is 5.56 Å². The number of benzene rings is 2. The summed E-state index contributed by atoms with van der Waals surface area (Å²) in [4.78, 5) is 24.9. The van der Waals surface area contributed by atoms with Gasteiger partial charge in [0.25, 0.3) is 5.91 Å². The van der Waals surface area contributed by atoms with Crippen molar-refractivity contribution in [2.75, 3.05) is 6.61 Å². The molecule has 2 aromatic rings. The van der Waals surface area contributed by atoms with Crippen molar-refractivity contribution in [3.63, 3.8) is 0 Å². The molecule has 1 N–H and O–H groups in total. The molecular weight excluding hydrogens is 318 g/mol. The molecular formula is C20H21NO4. The van der Waals surface area contributed by atoms with Crippen LogP contribution in [-0.2, 0) is 0 Å². The van der Waals surface area contributed by atoms with Crippen molar-refractivity contribution >= 4 is 11.7 Å². The molecule has 1 heterocycles. The van der Waals surface area contributed by atoms with Crippen LogP contribution in [-0.4, -0.2) is 29.9 Å². The maximum atomic E-state index is 12.5. The summed E-state index contributed by atoms with van der Waals surface area (Å²) in [5.74, 6) is 0.795. The Morgan fingerprint density at radius 3 is 2.48 bits per heavy atom. The largest absolute Gasteiger partial charge is 0.490 e. The fraction of sp³-hybridized carbons (Fsp3) is 0.300. The Labute approximate surface area is 147 Å². The maximum absolute atomic E-state index is 12.5. The van der Waals surface area contributed by atoms with Gasteiger partial charge in [-0.1, -0.05) is 12.1 Å². The Bertz CT molecular complexity index is 790. The number of amides is 1. The van der Waals surface area contributed by atoms with E-state index < -0.39 is 6.04 Å². The van der Waals surface area contributed by atoms with Gasteiger partial charge in [-0.15, -0.1) is 0 Å². The highest BCUT2D eigenvalue weighted by Gasteiger charge is 2.30. The number of hydrogen-bond acceptors (Lipinski definition) is 4. The summed E-state index contributed by atoms with van der Waals surface area (Å²) in [5, 5.41) is 2.74. The number of ketones is 1.